The molecule has 0 atom stereocenters. The third-order valence-electron chi connectivity index (χ3n) is 2.00. The molecule has 0 amide bonds. The Kier molecular flexibility index (Phi) is 7.19. The lowest BCUT2D eigenvalue weighted by Crippen LogP contribution is -3.00. The second-order valence-electron chi connectivity index (χ2n) is 3.08. The summed E-state index contributed by atoms with van der Waals surface area (Å²) in [6.45, 7) is 1.12. The monoisotopic (exact) mass is 241 g/mol. The molecule has 0 aliphatic carbocycles. The van der Waals surface area contributed by atoms with Crippen molar-refractivity contribution < 1.29 is 27.6 Å². The van der Waals surface area contributed by atoms with Crippen molar-refractivity contribution in [3.63, 3.8) is 0 Å². The number of hydrogen-bond donors (Lipinski definition) is 1. The van der Waals surface area contributed by atoms with Crippen LogP contribution in [-0.4, -0.2) is 20.3 Å². The molecule has 0 fully saturated rings. The summed E-state index contributed by atoms with van der Waals surface area (Å²) >= 11 is 0. The molecule has 0 saturated carbocycles. The lowest BCUT2D eigenvalue weighted by molar-refractivity contribution is -0.366. The van der Waals surface area contributed by atoms with Crippen LogP contribution in [0.4, 0.5) is 0 Å². The van der Waals surface area contributed by atoms with Gasteiger partial charge in [-0.2, -0.15) is 0 Å². The van der Waals surface area contributed by atoms with Crippen molar-refractivity contribution in [3.8, 4) is 23.8 Å². The molecule has 0 bridgehead atoms. The molecule has 16 heavy (non-hydrogen) atoms. The highest BCUT2D eigenvalue weighted by Crippen LogP contribution is 2.27. The molecule has 0 radical (unpaired) electrons. The lowest BCUT2D eigenvalue weighted by Gasteiger charge is -2.09. The van der Waals surface area contributed by atoms with E-state index < -0.39 is 0 Å². The van der Waals surface area contributed by atoms with Crippen LogP contribution in [0.2, 0.25) is 0 Å². The summed E-state index contributed by atoms with van der Waals surface area (Å²) in [4.78, 5) is 0. The highest BCUT2D eigenvalue weighted by molar-refractivity contribution is 5.43. The summed E-state index contributed by atoms with van der Waals surface area (Å²) in [5.41, 5.74) is 5.00. The minimum absolute atomic E-state index is 0. The van der Waals surface area contributed by atoms with Crippen LogP contribution in [0.15, 0.2) is 18.2 Å². The molecule has 1 rings (SSSR count). The maximum absolute atomic E-state index is 5.33. The number of hydrogen-bond acceptors (Lipinski definition) is 2. The van der Waals surface area contributed by atoms with Crippen LogP contribution in [0.3, 0.4) is 0 Å². The molecular formula is C12H16ClNO2. The first kappa shape index (κ1) is 14.6. The van der Waals surface area contributed by atoms with Gasteiger partial charge in [0.1, 0.15) is 6.61 Å². The SMILES string of the molecule is C#CCOc1ccc(CC[NH3+])cc1OC.[Cl-]. The summed E-state index contributed by atoms with van der Waals surface area (Å²) in [6.07, 6.45) is 6.06. The first-order chi connectivity index (χ1) is 7.31. The first-order valence-electron chi connectivity index (χ1n) is 4.84. The fourth-order valence-corrected chi connectivity index (χ4v) is 1.31. The minimum atomic E-state index is 0. The lowest BCUT2D eigenvalue weighted by atomic mass is 10.1. The van der Waals surface area contributed by atoms with Crippen LogP contribution in [0.5, 0.6) is 11.5 Å². The maximum Gasteiger partial charge on any atom is 0.162 e. The van der Waals surface area contributed by atoms with Gasteiger partial charge in [0.25, 0.3) is 0 Å². The van der Waals surface area contributed by atoms with E-state index in [1.54, 1.807) is 7.11 Å². The van der Waals surface area contributed by atoms with Crippen molar-refractivity contribution in [1.82, 2.24) is 0 Å². The molecule has 88 valence electrons. The normalized spacial score (nSPS) is 8.81. The van der Waals surface area contributed by atoms with Crippen LogP contribution in [0, 0.1) is 12.3 Å². The molecule has 0 saturated heterocycles. The van der Waals surface area contributed by atoms with Crippen LogP contribution in [-0.2, 0) is 6.42 Å². The second-order valence-corrected chi connectivity index (χ2v) is 3.08. The number of terminal acetylenes is 1. The third-order valence-corrected chi connectivity index (χ3v) is 2.00. The van der Waals surface area contributed by atoms with Crippen molar-refractivity contribution in [2.24, 2.45) is 0 Å². The Morgan fingerprint density at radius 1 is 1.38 bits per heavy atom. The van der Waals surface area contributed by atoms with Gasteiger partial charge in [-0.15, -0.1) is 6.42 Å². The van der Waals surface area contributed by atoms with E-state index in [0.717, 1.165) is 18.7 Å². The summed E-state index contributed by atoms with van der Waals surface area (Å²) in [6, 6.07) is 5.83. The predicted octanol–water partition coefficient (Wildman–Crippen LogP) is -2.50. The van der Waals surface area contributed by atoms with Crippen molar-refractivity contribution in [1.29, 1.82) is 0 Å². The predicted molar refractivity (Wildman–Crippen MR) is 58.8 cm³/mol. The van der Waals surface area contributed by atoms with Gasteiger partial charge in [0, 0.05) is 6.42 Å². The van der Waals surface area contributed by atoms with E-state index >= 15 is 0 Å². The standard InChI is InChI=1S/C12H15NO2.ClH/c1-3-8-15-11-5-4-10(6-7-13)9-12(11)14-2;/h1,4-5,9H,6-8,13H2,2H3;1H. The highest BCUT2D eigenvalue weighted by atomic mass is 35.5. The molecule has 1 aromatic carbocycles. The molecule has 4 heteroatoms. The minimum Gasteiger partial charge on any atom is -1.00 e. The Labute approximate surface area is 102 Å². The average molecular weight is 242 g/mol. The van der Waals surface area contributed by atoms with E-state index in [1.165, 1.54) is 5.56 Å². The van der Waals surface area contributed by atoms with E-state index in [9.17, 15) is 0 Å². The van der Waals surface area contributed by atoms with E-state index in [1.807, 2.05) is 18.2 Å². The Hall–Kier alpha value is -1.37. The van der Waals surface area contributed by atoms with Crippen LogP contribution in [0.25, 0.3) is 0 Å². The maximum atomic E-state index is 5.33. The van der Waals surface area contributed by atoms with E-state index in [4.69, 9.17) is 15.9 Å². The second kappa shape index (κ2) is 7.86. The molecule has 1 aromatic rings. The molecule has 0 aromatic heterocycles. The summed E-state index contributed by atoms with van der Waals surface area (Å²) < 4.78 is 10.5. The number of methoxy groups -OCH3 is 1. The zero-order chi connectivity index (χ0) is 11.1. The average Bonchev–Trinajstić information content (AvgIpc) is 2.27. The van der Waals surface area contributed by atoms with E-state index in [0.29, 0.717) is 5.75 Å². The Balaban J connectivity index is 0.00000225. The molecule has 0 spiro atoms. The number of quaternary nitrogens is 1. The first-order valence-corrected chi connectivity index (χ1v) is 4.84. The van der Waals surface area contributed by atoms with Crippen LogP contribution in [0.1, 0.15) is 5.56 Å². The van der Waals surface area contributed by atoms with Gasteiger partial charge in [-0.05, 0) is 17.7 Å². The quantitative estimate of drug-likeness (QED) is 0.580. The highest BCUT2D eigenvalue weighted by Gasteiger charge is 2.05. The molecule has 3 nitrogen and oxygen atoms in total. The van der Waals surface area contributed by atoms with E-state index in [2.05, 4.69) is 11.7 Å². The molecule has 3 N–H and O–H groups in total. The molecule has 0 aliphatic rings. The molecule has 0 unspecified atom stereocenters. The third kappa shape index (κ3) is 4.01. The van der Waals surface area contributed by atoms with Gasteiger partial charge >= 0.3 is 0 Å². The van der Waals surface area contributed by atoms with Crippen molar-refractivity contribution in [2.75, 3.05) is 20.3 Å². The topological polar surface area (TPSA) is 46.1 Å². The fourth-order valence-electron chi connectivity index (χ4n) is 1.31. The molecule has 0 heterocycles. The smallest absolute Gasteiger partial charge is 0.162 e. The summed E-state index contributed by atoms with van der Waals surface area (Å²) in [5.74, 6) is 3.82. The zero-order valence-corrected chi connectivity index (χ0v) is 10.1. The summed E-state index contributed by atoms with van der Waals surface area (Å²) in [7, 11) is 1.62. The summed E-state index contributed by atoms with van der Waals surface area (Å²) in [5, 5.41) is 0. The van der Waals surface area contributed by atoms with Gasteiger partial charge < -0.3 is 27.6 Å². The van der Waals surface area contributed by atoms with Crippen molar-refractivity contribution >= 4 is 0 Å². The molecular weight excluding hydrogens is 226 g/mol. The fraction of sp³-hybridized carbons (Fsp3) is 0.333. The number of ether oxygens (including phenoxy) is 2. The largest absolute Gasteiger partial charge is 1.00 e. The van der Waals surface area contributed by atoms with Crippen molar-refractivity contribution in [3.05, 3.63) is 23.8 Å². The van der Waals surface area contributed by atoms with E-state index in [-0.39, 0.29) is 19.0 Å². The Morgan fingerprint density at radius 2 is 2.12 bits per heavy atom. The number of halogens is 1. The van der Waals surface area contributed by atoms with Gasteiger partial charge in [-0.1, -0.05) is 12.0 Å². The zero-order valence-electron chi connectivity index (χ0n) is 9.33. The Morgan fingerprint density at radius 3 is 2.69 bits per heavy atom. The van der Waals surface area contributed by atoms with Gasteiger partial charge in [0.05, 0.1) is 13.7 Å². The Bertz CT molecular complexity index is 361. The molecule has 0 aliphatic heterocycles. The van der Waals surface area contributed by atoms with Crippen molar-refractivity contribution in [2.45, 2.75) is 6.42 Å². The van der Waals surface area contributed by atoms with Gasteiger partial charge in [-0.3, -0.25) is 0 Å². The number of rotatable bonds is 5. The number of benzene rings is 1. The van der Waals surface area contributed by atoms with Gasteiger partial charge in [0.15, 0.2) is 11.5 Å². The van der Waals surface area contributed by atoms with Crippen LogP contribution >= 0.6 is 0 Å². The van der Waals surface area contributed by atoms with Gasteiger partial charge in [-0.25, -0.2) is 0 Å². The van der Waals surface area contributed by atoms with Crippen LogP contribution < -0.4 is 27.6 Å². The van der Waals surface area contributed by atoms with Gasteiger partial charge in [0.2, 0.25) is 0 Å².